The molecule has 0 saturated carbocycles. The molecule has 2 atom stereocenters. The topological polar surface area (TPSA) is 90.9 Å². The number of hydrogen-bond donors (Lipinski definition) is 1. The number of carbonyl (C=O) groups is 2. The number of amides is 2. The third-order valence-corrected chi connectivity index (χ3v) is 5.45. The molecule has 0 aliphatic carbocycles. The van der Waals surface area contributed by atoms with E-state index in [0.29, 0.717) is 24.5 Å². The Morgan fingerprint density at radius 3 is 2.30 bits per heavy atom. The Hall–Kier alpha value is -3.22. The van der Waals surface area contributed by atoms with Gasteiger partial charge in [-0.25, -0.2) is 4.79 Å². The SMILES string of the molecule is COc1cc2c(cc1OC)[C@H](c1ccccc1)N(C(=O)N[C@H](C(=O)[O-])C(C)C)CC2. The maximum Gasteiger partial charge on any atom is 0.318 e. The van der Waals surface area contributed by atoms with Gasteiger partial charge in [-0.1, -0.05) is 44.2 Å². The highest BCUT2D eigenvalue weighted by molar-refractivity contribution is 5.82. The maximum absolute atomic E-state index is 13.2. The summed E-state index contributed by atoms with van der Waals surface area (Å²) in [6.07, 6.45) is 0.615. The first kappa shape index (κ1) is 21.5. The number of urea groups is 1. The summed E-state index contributed by atoms with van der Waals surface area (Å²) in [7, 11) is 3.16. The van der Waals surface area contributed by atoms with Crippen LogP contribution in [0.15, 0.2) is 42.5 Å². The molecular weight excluding hydrogens is 384 g/mol. The van der Waals surface area contributed by atoms with Gasteiger partial charge in [0.2, 0.25) is 0 Å². The van der Waals surface area contributed by atoms with Crippen LogP contribution in [0.2, 0.25) is 0 Å². The fourth-order valence-corrected chi connectivity index (χ4v) is 3.87. The molecule has 1 heterocycles. The number of rotatable bonds is 6. The quantitative estimate of drug-likeness (QED) is 0.786. The molecule has 0 saturated heterocycles. The Kier molecular flexibility index (Phi) is 6.50. The van der Waals surface area contributed by atoms with Gasteiger partial charge in [-0.05, 0) is 41.2 Å². The molecule has 7 nitrogen and oxygen atoms in total. The Bertz CT molecular complexity index is 913. The Balaban J connectivity index is 2.05. The summed E-state index contributed by atoms with van der Waals surface area (Å²) in [6, 6.07) is 11.6. The highest BCUT2D eigenvalue weighted by Gasteiger charge is 2.34. The Labute approximate surface area is 176 Å². The van der Waals surface area contributed by atoms with Crippen molar-refractivity contribution in [1.82, 2.24) is 10.2 Å². The Morgan fingerprint density at radius 2 is 1.73 bits per heavy atom. The van der Waals surface area contributed by atoms with Gasteiger partial charge in [0.25, 0.3) is 0 Å². The van der Waals surface area contributed by atoms with Crippen LogP contribution in [-0.4, -0.2) is 43.7 Å². The van der Waals surface area contributed by atoms with Crippen molar-refractivity contribution in [3.63, 3.8) is 0 Å². The molecule has 0 bridgehead atoms. The third kappa shape index (κ3) is 4.20. The predicted octanol–water partition coefficient (Wildman–Crippen LogP) is 2.14. The summed E-state index contributed by atoms with van der Waals surface area (Å²) in [5, 5.41) is 14.1. The number of benzene rings is 2. The van der Waals surface area contributed by atoms with E-state index in [1.807, 2.05) is 42.5 Å². The van der Waals surface area contributed by atoms with Crippen LogP contribution >= 0.6 is 0 Å². The summed E-state index contributed by atoms with van der Waals surface area (Å²) < 4.78 is 10.9. The first-order chi connectivity index (χ1) is 14.4. The average molecular weight is 411 g/mol. The second-order valence-electron chi connectivity index (χ2n) is 7.65. The minimum absolute atomic E-state index is 0.296. The van der Waals surface area contributed by atoms with Crippen molar-refractivity contribution < 1.29 is 24.2 Å². The zero-order valence-corrected chi connectivity index (χ0v) is 17.7. The minimum atomic E-state index is -1.29. The van der Waals surface area contributed by atoms with Gasteiger partial charge >= 0.3 is 6.03 Å². The van der Waals surface area contributed by atoms with Crippen molar-refractivity contribution in [3.8, 4) is 11.5 Å². The predicted molar refractivity (Wildman–Crippen MR) is 110 cm³/mol. The molecule has 1 N–H and O–H groups in total. The third-order valence-electron chi connectivity index (χ3n) is 5.45. The van der Waals surface area contributed by atoms with Gasteiger partial charge in [-0.3, -0.25) is 0 Å². The molecule has 0 spiro atoms. The molecule has 2 amide bonds. The monoisotopic (exact) mass is 411 g/mol. The smallest absolute Gasteiger partial charge is 0.318 e. The average Bonchev–Trinajstić information content (AvgIpc) is 2.75. The first-order valence-electron chi connectivity index (χ1n) is 9.95. The van der Waals surface area contributed by atoms with Crippen molar-refractivity contribution in [2.24, 2.45) is 5.92 Å². The van der Waals surface area contributed by atoms with E-state index in [2.05, 4.69) is 5.32 Å². The van der Waals surface area contributed by atoms with Gasteiger partial charge in [0.05, 0.1) is 32.3 Å². The summed E-state index contributed by atoms with van der Waals surface area (Å²) in [6.45, 7) is 3.90. The zero-order valence-electron chi connectivity index (χ0n) is 17.7. The van der Waals surface area contributed by atoms with E-state index in [0.717, 1.165) is 16.7 Å². The van der Waals surface area contributed by atoms with E-state index in [4.69, 9.17) is 9.47 Å². The fraction of sp³-hybridized carbons (Fsp3) is 0.391. The van der Waals surface area contributed by atoms with E-state index < -0.39 is 18.0 Å². The molecule has 0 fully saturated rings. The van der Waals surface area contributed by atoms with Crippen molar-refractivity contribution in [2.75, 3.05) is 20.8 Å². The lowest BCUT2D eigenvalue weighted by Crippen LogP contribution is -2.55. The molecule has 30 heavy (non-hydrogen) atoms. The standard InChI is InChI=1S/C23H28N2O5/c1-14(2)20(22(26)27)24-23(28)25-11-10-16-12-18(29-3)19(30-4)13-17(16)21(25)15-8-6-5-7-9-15/h5-9,12-14,20-21H,10-11H2,1-4H3,(H,24,28)(H,26,27)/p-1/t20-,21-/m0/s1. The number of aliphatic carboxylic acids is 1. The van der Waals surface area contributed by atoms with Gasteiger partial charge in [0.1, 0.15) is 0 Å². The number of nitrogens with zero attached hydrogens (tertiary/aromatic N) is 1. The van der Waals surface area contributed by atoms with Gasteiger partial charge < -0.3 is 29.6 Å². The largest absolute Gasteiger partial charge is 0.548 e. The number of carboxylic acids is 1. The number of carbonyl (C=O) groups excluding carboxylic acids is 2. The molecule has 0 aromatic heterocycles. The van der Waals surface area contributed by atoms with Crippen LogP contribution in [-0.2, 0) is 11.2 Å². The molecule has 160 valence electrons. The number of fused-ring (bicyclic) bond motifs is 1. The van der Waals surface area contributed by atoms with Crippen LogP contribution in [0.5, 0.6) is 11.5 Å². The molecule has 1 aliphatic rings. The highest BCUT2D eigenvalue weighted by atomic mass is 16.5. The number of ether oxygens (including phenoxy) is 2. The number of nitrogens with one attached hydrogen (secondary N) is 1. The van der Waals surface area contributed by atoms with Gasteiger partial charge in [-0.2, -0.15) is 0 Å². The normalized spacial score (nSPS) is 16.6. The summed E-state index contributed by atoms with van der Waals surface area (Å²) in [5.41, 5.74) is 2.91. The number of methoxy groups -OCH3 is 2. The van der Waals surface area contributed by atoms with Gasteiger partial charge in [-0.15, -0.1) is 0 Å². The van der Waals surface area contributed by atoms with Gasteiger partial charge in [0.15, 0.2) is 11.5 Å². The second kappa shape index (κ2) is 9.07. The second-order valence-corrected chi connectivity index (χ2v) is 7.65. The molecule has 3 rings (SSSR count). The highest BCUT2D eigenvalue weighted by Crippen LogP contribution is 2.41. The zero-order chi connectivity index (χ0) is 21.8. The summed E-state index contributed by atoms with van der Waals surface area (Å²) in [4.78, 5) is 26.3. The van der Waals surface area contributed by atoms with Gasteiger partial charge in [0, 0.05) is 6.54 Å². The van der Waals surface area contributed by atoms with Crippen LogP contribution in [0, 0.1) is 5.92 Å². The maximum atomic E-state index is 13.2. The van der Waals surface area contributed by atoms with Crippen molar-refractivity contribution >= 4 is 12.0 Å². The number of carboxylic acid groups (broad SMARTS) is 1. The molecule has 0 unspecified atom stereocenters. The van der Waals surface area contributed by atoms with E-state index in [9.17, 15) is 14.7 Å². The first-order valence-corrected chi connectivity index (χ1v) is 9.95. The van der Waals surface area contributed by atoms with Crippen molar-refractivity contribution in [2.45, 2.75) is 32.4 Å². The molecule has 7 heteroatoms. The summed E-state index contributed by atoms with van der Waals surface area (Å²) >= 11 is 0. The minimum Gasteiger partial charge on any atom is -0.548 e. The summed E-state index contributed by atoms with van der Waals surface area (Å²) in [5.74, 6) is -0.374. The van der Waals surface area contributed by atoms with Crippen LogP contribution in [0.3, 0.4) is 0 Å². The molecule has 0 radical (unpaired) electrons. The van der Waals surface area contributed by atoms with Crippen molar-refractivity contribution in [1.29, 1.82) is 0 Å². The van der Waals surface area contributed by atoms with E-state index in [1.165, 1.54) is 0 Å². The molecule has 2 aromatic rings. The molecular formula is C23H27N2O5-. The molecule has 1 aliphatic heterocycles. The van der Waals surface area contributed by atoms with Crippen LogP contribution < -0.4 is 19.9 Å². The lowest BCUT2D eigenvalue weighted by atomic mass is 9.88. The lowest BCUT2D eigenvalue weighted by molar-refractivity contribution is -0.309. The van der Waals surface area contributed by atoms with E-state index >= 15 is 0 Å². The Morgan fingerprint density at radius 1 is 1.10 bits per heavy atom. The van der Waals surface area contributed by atoms with Crippen LogP contribution in [0.4, 0.5) is 4.79 Å². The van der Waals surface area contributed by atoms with Crippen LogP contribution in [0.25, 0.3) is 0 Å². The molecule has 2 aromatic carbocycles. The van der Waals surface area contributed by atoms with Crippen LogP contribution in [0.1, 0.15) is 36.6 Å². The lowest BCUT2D eigenvalue weighted by Gasteiger charge is -2.39. The van der Waals surface area contributed by atoms with Crippen molar-refractivity contribution in [3.05, 3.63) is 59.2 Å². The fourth-order valence-electron chi connectivity index (χ4n) is 3.87. The van der Waals surface area contributed by atoms with E-state index in [-0.39, 0.29) is 12.0 Å². The number of hydrogen-bond acceptors (Lipinski definition) is 5. The van der Waals surface area contributed by atoms with E-state index in [1.54, 1.807) is 33.0 Å².